The molecule has 1 heterocycles. The third kappa shape index (κ3) is 1.79. The molecule has 0 atom stereocenters. The molecule has 11 heavy (non-hydrogen) atoms. The van der Waals surface area contributed by atoms with Gasteiger partial charge in [0.1, 0.15) is 0 Å². The minimum Gasteiger partial charge on any atom is -0.277 e. The molecule has 0 aromatic carbocycles. The van der Waals surface area contributed by atoms with Gasteiger partial charge in [-0.1, -0.05) is 0 Å². The van der Waals surface area contributed by atoms with E-state index in [1.165, 1.54) is 0 Å². The Bertz CT molecular complexity index is 259. The van der Waals surface area contributed by atoms with Gasteiger partial charge < -0.3 is 0 Å². The Morgan fingerprint density at radius 3 is 2.73 bits per heavy atom. The Morgan fingerprint density at radius 1 is 1.64 bits per heavy atom. The molecular formula is C3H6N2O5S. The summed E-state index contributed by atoms with van der Waals surface area (Å²) in [5.74, 6) is 0. The van der Waals surface area contributed by atoms with Crippen molar-refractivity contribution in [3.05, 3.63) is 0 Å². The summed E-state index contributed by atoms with van der Waals surface area (Å²) in [6, 6.07) is -0.498. The van der Waals surface area contributed by atoms with Crippen LogP contribution < -0.4 is 0 Å². The van der Waals surface area contributed by atoms with E-state index in [-0.39, 0.29) is 6.54 Å². The first-order valence-corrected chi connectivity index (χ1v) is 4.05. The average molecular weight is 182 g/mol. The van der Waals surface area contributed by atoms with Crippen LogP contribution in [-0.4, -0.2) is 26.0 Å². The monoisotopic (exact) mass is 182 g/mol. The molecule has 8 heteroatoms. The highest BCUT2D eigenvalue weighted by molar-refractivity contribution is 7.81. The maximum absolute atomic E-state index is 10.5. The van der Waals surface area contributed by atoms with Crippen LogP contribution in [0.1, 0.15) is 6.92 Å². The predicted molar refractivity (Wildman–Crippen MR) is 32.3 cm³/mol. The van der Waals surface area contributed by atoms with Crippen molar-refractivity contribution in [3.63, 3.8) is 0 Å². The van der Waals surface area contributed by atoms with E-state index >= 15 is 0 Å². The van der Waals surface area contributed by atoms with Crippen LogP contribution in [0.15, 0.2) is 0 Å². The van der Waals surface area contributed by atoms with Gasteiger partial charge in [0.15, 0.2) is 0 Å². The molecule has 1 saturated heterocycles. The smallest absolute Gasteiger partial charge is 0.277 e. The summed E-state index contributed by atoms with van der Waals surface area (Å²) < 4.78 is 28.8. The molecule has 1 rings (SSSR count). The van der Waals surface area contributed by atoms with Crippen LogP contribution in [-0.2, 0) is 23.9 Å². The second-order valence-corrected chi connectivity index (χ2v) is 2.74. The van der Waals surface area contributed by atoms with Gasteiger partial charge in [0.2, 0.25) is 0 Å². The lowest BCUT2D eigenvalue weighted by Gasteiger charge is -2.22. The zero-order valence-corrected chi connectivity index (χ0v) is 6.42. The van der Waals surface area contributed by atoms with E-state index in [1.807, 2.05) is 0 Å². The number of amidine groups is 1. The van der Waals surface area contributed by atoms with E-state index < -0.39 is 16.4 Å². The summed E-state index contributed by atoms with van der Waals surface area (Å²) in [7, 11) is -4.11. The van der Waals surface area contributed by atoms with E-state index in [1.54, 1.807) is 6.92 Å². The van der Waals surface area contributed by atoms with Crippen molar-refractivity contribution < 1.29 is 21.9 Å². The molecule has 1 fully saturated rings. The lowest BCUT2D eigenvalue weighted by atomic mass is 10.7. The summed E-state index contributed by atoms with van der Waals surface area (Å²) in [6.45, 7) is 1.78. The second kappa shape index (κ2) is 2.64. The van der Waals surface area contributed by atoms with Crippen LogP contribution in [0.3, 0.4) is 0 Å². The standard InChI is InChI=1S/C3H6N2O5S/c1-2-5-3(4)8-10-11(6,7)9-5/h4H,2H2,1H3. The third-order valence-electron chi connectivity index (χ3n) is 0.891. The summed E-state index contributed by atoms with van der Waals surface area (Å²) in [6.07, 6.45) is 0. The van der Waals surface area contributed by atoms with Crippen LogP contribution >= 0.6 is 0 Å². The molecule has 1 N–H and O–H groups in total. The van der Waals surface area contributed by atoms with Crippen molar-refractivity contribution in [1.29, 1.82) is 5.41 Å². The molecule has 64 valence electrons. The zero-order chi connectivity index (χ0) is 8.48. The van der Waals surface area contributed by atoms with Crippen LogP contribution in [0.5, 0.6) is 0 Å². The SMILES string of the molecule is CCN1OS(=O)(=O)OOC1=N. The molecule has 0 unspecified atom stereocenters. The van der Waals surface area contributed by atoms with Gasteiger partial charge in [-0.25, -0.2) is 5.41 Å². The average Bonchev–Trinajstić information content (AvgIpc) is 1.94. The number of rotatable bonds is 1. The fourth-order valence-corrected chi connectivity index (χ4v) is 1.03. The molecule has 0 bridgehead atoms. The molecular weight excluding hydrogens is 176 g/mol. The highest BCUT2D eigenvalue weighted by atomic mass is 32.3. The van der Waals surface area contributed by atoms with Crippen LogP contribution in [0.4, 0.5) is 0 Å². The van der Waals surface area contributed by atoms with Crippen molar-refractivity contribution in [2.75, 3.05) is 6.54 Å². The van der Waals surface area contributed by atoms with E-state index in [4.69, 9.17) is 5.41 Å². The van der Waals surface area contributed by atoms with Crippen molar-refractivity contribution in [2.45, 2.75) is 6.92 Å². The first-order chi connectivity index (χ1) is 5.05. The Kier molecular flexibility index (Phi) is 1.98. The van der Waals surface area contributed by atoms with Gasteiger partial charge >= 0.3 is 16.4 Å². The minimum absolute atomic E-state index is 0.182. The lowest BCUT2D eigenvalue weighted by molar-refractivity contribution is -0.201. The van der Waals surface area contributed by atoms with Crippen LogP contribution in [0.25, 0.3) is 0 Å². The lowest BCUT2D eigenvalue weighted by Crippen LogP contribution is -2.40. The van der Waals surface area contributed by atoms with Gasteiger partial charge in [-0.15, -0.1) is 4.28 Å². The van der Waals surface area contributed by atoms with Crippen LogP contribution in [0, 0.1) is 5.41 Å². The molecule has 1 aliphatic rings. The minimum atomic E-state index is -4.11. The molecule has 1 aliphatic heterocycles. The van der Waals surface area contributed by atoms with Crippen molar-refractivity contribution >= 4 is 16.4 Å². The quantitative estimate of drug-likeness (QED) is 0.543. The largest absolute Gasteiger partial charge is 0.456 e. The van der Waals surface area contributed by atoms with Gasteiger partial charge in [0.25, 0.3) is 0 Å². The van der Waals surface area contributed by atoms with Gasteiger partial charge in [0, 0.05) is 6.54 Å². The van der Waals surface area contributed by atoms with E-state index in [0.717, 1.165) is 5.06 Å². The van der Waals surface area contributed by atoms with Crippen molar-refractivity contribution in [1.82, 2.24) is 5.06 Å². The molecule has 0 spiro atoms. The molecule has 0 radical (unpaired) electrons. The number of hydrogen-bond donors (Lipinski definition) is 1. The molecule has 0 aliphatic carbocycles. The summed E-state index contributed by atoms with van der Waals surface area (Å²) in [5.41, 5.74) is 0. The van der Waals surface area contributed by atoms with Crippen molar-refractivity contribution in [2.24, 2.45) is 0 Å². The molecule has 0 amide bonds. The third-order valence-corrected chi connectivity index (χ3v) is 1.49. The van der Waals surface area contributed by atoms with E-state index in [0.29, 0.717) is 0 Å². The van der Waals surface area contributed by atoms with Gasteiger partial charge in [-0.05, 0) is 11.3 Å². The van der Waals surface area contributed by atoms with Gasteiger partial charge in [0.05, 0.1) is 0 Å². The zero-order valence-electron chi connectivity index (χ0n) is 5.60. The number of hydroxylamine groups is 2. The Hall–Kier alpha value is -0.860. The summed E-state index contributed by atoms with van der Waals surface area (Å²) >= 11 is 0. The number of nitrogens with zero attached hydrogens (tertiary/aromatic N) is 1. The molecule has 0 aromatic heterocycles. The Balaban J connectivity index is 2.74. The predicted octanol–water partition coefficient (Wildman–Crippen LogP) is -0.619. The first kappa shape index (κ1) is 8.24. The van der Waals surface area contributed by atoms with Gasteiger partial charge in [-0.3, -0.25) is 4.89 Å². The van der Waals surface area contributed by atoms with Gasteiger partial charge in [-0.2, -0.15) is 13.5 Å². The van der Waals surface area contributed by atoms with E-state index in [9.17, 15) is 8.42 Å². The van der Waals surface area contributed by atoms with Crippen LogP contribution in [0.2, 0.25) is 0 Å². The normalized spacial score (nSPS) is 23.0. The fourth-order valence-electron chi connectivity index (χ4n) is 0.468. The second-order valence-electron chi connectivity index (χ2n) is 1.63. The molecule has 7 nitrogen and oxygen atoms in total. The summed E-state index contributed by atoms with van der Waals surface area (Å²) in [4.78, 5) is 3.99. The summed E-state index contributed by atoms with van der Waals surface area (Å²) in [5, 5.41) is 7.65. The maximum atomic E-state index is 10.5. The highest BCUT2D eigenvalue weighted by Gasteiger charge is 2.29. The molecule has 0 aromatic rings. The maximum Gasteiger partial charge on any atom is 0.456 e. The number of hydrogen-bond acceptors (Lipinski definition) is 6. The van der Waals surface area contributed by atoms with Crippen molar-refractivity contribution in [3.8, 4) is 0 Å². The first-order valence-electron chi connectivity index (χ1n) is 2.72. The fraction of sp³-hybridized carbons (Fsp3) is 0.667. The number of nitrogens with one attached hydrogen (secondary N) is 1. The van der Waals surface area contributed by atoms with E-state index in [2.05, 4.69) is 13.5 Å². The highest BCUT2D eigenvalue weighted by Crippen LogP contribution is 2.09. The topological polar surface area (TPSA) is 88.9 Å². The molecule has 0 saturated carbocycles. The Morgan fingerprint density at radius 2 is 2.27 bits per heavy atom. The Labute approximate surface area is 63.2 Å².